The van der Waals surface area contributed by atoms with Crippen LogP contribution in [0.1, 0.15) is 60.7 Å². The summed E-state index contributed by atoms with van der Waals surface area (Å²) in [6.07, 6.45) is 3.00. The first-order valence-corrected chi connectivity index (χ1v) is 7.22. The highest BCUT2D eigenvalue weighted by molar-refractivity contribution is 7.11. The van der Waals surface area contributed by atoms with Crippen molar-refractivity contribution in [3.05, 3.63) is 15.6 Å². The number of nitrogens with zero attached hydrogens (tertiary/aromatic N) is 1. The van der Waals surface area contributed by atoms with E-state index in [-0.39, 0.29) is 12.5 Å². The third-order valence-corrected chi connectivity index (χ3v) is 4.29. The molecular formula is C13H19NO3S. The van der Waals surface area contributed by atoms with Gasteiger partial charge < -0.3 is 9.84 Å². The lowest BCUT2D eigenvalue weighted by Gasteiger charge is -2.04. The maximum Gasteiger partial charge on any atom is 0.303 e. The molecule has 1 saturated heterocycles. The minimum Gasteiger partial charge on any atom is -0.481 e. The molecule has 2 heterocycles. The van der Waals surface area contributed by atoms with Crippen molar-refractivity contribution < 1.29 is 14.6 Å². The summed E-state index contributed by atoms with van der Waals surface area (Å²) in [5.74, 6) is -0.419. The number of hydrogen-bond donors (Lipinski definition) is 1. The van der Waals surface area contributed by atoms with Crippen LogP contribution in [0.25, 0.3) is 0 Å². The molecular weight excluding hydrogens is 250 g/mol. The third-order valence-electron chi connectivity index (χ3n) is 3.06. The summed E-state index contributed by atoms with van der Waals surface area (Å²) >= 11 is 1.63. The highest BCUT2D eigenvalue weighted by atomic mass is 32.1. The summed E-state index contributed by atoms with van der Waals surface area (Å²) in [5, 5.41) is 9.81. The summed E-state index contributed by atoms with van der Waals surface area (Å²) in [6.45, 7) is 5.00. The second-order valence-electron chi connectivity index (χ2n) is 4.91. The van der Waals surface area contributed by atoms with Gasteiger partial charge in [0.2, 0.25) is 0 Å². The molecule has 0 bridgehead atoms. The normalized spacial score (nSPS) is 19.6. The first kappa shape index (κ1) is 13.5. The van der Waals surface area contributed by atoms with Crippen LogP contribution in [0.2, 0.25) is 0 Å². The molecule has 1 fully saturated rings. The van der Waals surface area contributed by atoms with Crippen LogP contribution >= 0.6 is 11.3 Å². The van der Waals surface area contributed by atoms with Crippen LogP contribution in [0.15, 0.2) is 0 Å². The van der Waals surface area contributed by atoms with Crippen molar-refractivity contribution in [2.45, 2.75) is 51.6 Å². The molecule has 18 heavy (non-hydrogen) atoms. The number of ether oxygens (including phenoxy) is 1. The molecule has 1 aliphatic heterocycles. The Balaban J connectivity index is 2.17. The van der Waals surface area contributed by atoms with Gasteiger partial charge in [-0.15, -0.1) is 11.3 Å². The molecule has 1 atom stereocenters. The zero-order valence-corrected chi connectivity index (χ0v) is 11.6. The van der Waals surface area contributed by atoms with Crippen molar-refractivity contribution >= 4 is 17.3 Å². The fourth-order valence-electron chi connectivity index (χ4n) is 2.14. The summed E-state index contributed by atoms with van der Waals surface area (Å²) in [4.78, 5) is 16.5. The first-order valence-electron chi connectivity index (χ1n) is 6.40. The van der Waals surface area contributed by atoms with Gasteiger partial charge in [-0.2, -0.15) is 0 Å². The van der Waals surface area contributed by atoms with E-state index in [1.807, 2.05) is 0 Å². The van der Waals surface area contributed by atoms with Gasteiger partial charge in [-0.3, -0.25) is 4.79 Å². The molecule has 1 aliphatic rings. The van der Waals surface area contributed by atoms with E-state index in [4.69, 9.17) is 9.84 Å². The Bertz CT molecular complexity index is 422. The molecule has 2 rings (SSSR count). The predicted molar refractivity (Wildman–Crippen MR) is 70.1 cm³/mol. The highest BCUT2D eigenvalue weighted by Crippen LogP contribution is 2.35. The Kier molecular flexibility index (Phi) is 4.35. The molecule has 5 heteroatoms. The number of rotatable bonds is 5. The summed E-state index contributed by atoms with van der Waals surface area (Å²) in [6, 6.07) is 0. The van der Waals surface area contributed by atoms with E-state index < -0.39 is 5.97 Å². The number of carboxylic acid groups (broad SMARTS) is 1. The van der Waals surface area contributed by atoms with Gasteiger partial charge in [0.15, 0.2) is 0 Å². The summed E-state index contributed by atoms with van der Waals surface area (Å²) in [5.41, 5.74) is 1.05. The molecule has 1 unspecified atom stereocenters. The molecule has 0 amide bonds. The zero-order chi connectivity index (χ0) is 13.1. The van der Waals surface area contributed by atoms with E-state index in [1.165, 1.54) is 0 Å². The lowest BCUT2D eigenvalue weighted by atomic mass is 10.1. The topological polar surface area (TPSA) is 59.4 Å². The van der Waals surface area contributed by atoms with Crippen LogP contribution in [0, 0.1) is 0 Å². The number of carboxylic acids is 1. The summed E-state index contributed by atoms with van der Waals surface area (Å²) in [7, 11) is 0. The molecule has 0 aliphatic carbocycles. The van der Waals surface area contributed by atoms with E-state index in [2.05, 4.69) is 18.8 Å². The van der Waals surface area contributed by atoms with Crippen LogP contribution in [-0.2, 0) is 16.0 Å². The number of aromatic nitrogens is 1. The highest BCUT2D eigenvalue weighted by Gasteiger charge is 2.24. The largest absolute Gasteiger partial charge is 0.481 e. The molecule has 1 N–H and O–H groups in total. The fourth-order valence-corrected chi connectivity index (χ4v) is 3.45. The molecule has 0 saturated carbocycles. The monoisotopic (exact) mass is 269 g/mol. The molecule has 0 radical (unpaired) electrons. The number of hydrogen-bond acceptors (Lipinski definition) is 4. The lowest BCUT2D eigenvalue weighted by Crippen LogP contribution is -2.00. The second kappa shape index (κ2) is 5.80. The minimum atomic E-state index is -0.753. The van der Waals surface area contributed by atoms with Crippen LogP contribution < -0.4 is 0 Å². The van der Waals surface area contributed by atoms with Gasteiger partial charge >= 0.3 is 5.97 Å². The van der Waals surface area contributed by atoms with Gasteiger partial charge in [0, 0.05) is 11.5 Å². The summed E-state index contributed by atoms with van der Waals surface area (Å²) < 4.78 is 5.64. The van der Waals surface area contributed by atoms with Crippen molar-refractivity contribution in [3.63, 3.8) is 0 Å². The molecule has 100 valence electrons. The number of carbonyl (C=O) groups is 1. The Labute approximate surface area is 111 Å². The lowest BCUT2D eigenvalue weighted by molar-refractivity contribution is -0.136. The fraction of sp³-hybridized carbons (Fsp3) is 0.692. The third kappa shape index (κ3) is 3.09. The van der Waals surface area contributed by atoms with Crippen molar-refractivity contribution in [2.75, 3.05) is 6.61 Å². The van der Waals surface area contributed by atoms with Gasteiger partial charge in [0.05, 0.1) is 12.1 Å². The standard InChI is InChI=1S/C13H19NO3S/c1-8(2)12-10(5-6-11(15)16)18-13(14-12)9-4-3-7-17-9/h8-9H,3-7H2,1-2H3,(H,15,16). The SMILES string of the molecule is CC(C)c1nc(C2CCCO2)sc1CCC(=O)O. The first-order chi connectivity index (χ1) is 8.58. The predicted octanol–water partition coefficient (Wildman–Crippen LogP) is 3.14. The van der Waals surface area contributed by atoms with Crippen LogP contribution in [0.3, 0.4) is 0 Å². The number of thiazole rings is 1. The molecule has 0 spiro atoms. The Morgan fingerprint density at radius 1 is 1.61 bits per heavy atom. The maximum atomic E-state index is 10.7. The van der Waals surface area contributed by atoms with Crippen LogP contribution in [0.4, 0.5) is 0 Å². The van der Waals surface area contributed by atoms with Gasteiger partial charge in [-0.05, 0) is 25.2 Å². The van der Waals surface area contributed by atoms with E-state index in [9.17, 15) is 4.79 Å². The zero-order valence-electron chi connectivity index (χ0n) is 10.8. The van der Waals surface area contributed by atoms with Crippen molar-refractivity contribution in [1.82, 2.24) is 4.98 Å². The van der Waals surface area contributed by atoms with Crippen molar-refractivity contribution in [2.24, 2.45) is 0 Å². The smallest absolute Gasteiger partial charge is 0.303 e. The van der Waals surface area contributed by atoms with Gasteiger partial charge in [-0.1, -0.05) is 13.8 Å². The van der Waals surface area contributed by atoms with Gasteiger partial charge in [0.1, 0.15) is 11.1 Å². The maximum absolute atomic E-state index is 10.7. The number of aliphatic carboxylic acids is 1. The van der Waals surface area contributed by atoms with Gasteiger partial charge in [0.25, 0.3) is 0 Å². The Morgan fingerprint density at radius 2 is 2.39 bits per heavy atom. The molecule has 0 aromatic carbocycles. The van der Waals surface area contributed by atoms with Crippen molar-refractivity contribution in [3.8, 4) is 0 Å². The quantitative estimate of drug-likeness (QED) is 0.892. The van der Waals surface area contributed by atoms with Crippen molar-refractivity contribution in [1.29, 1.82) is 0 Å². The Hall–Kier alpha value is -0.940. The van der Waals surface area contributed by atoms with E-state index in [1.54, 1.807) is 11.3 Å². The van der Waals surface area contributed by atoms with Crippen LogP contribution in [0.5, 0.6) is 0 Å². The minimum absolute atomic E-state index is 0.131. The molecule has 4 nitrogen and oxygen atoms in total. The average molecular weight is 269 g/mol. The molecule has 1 aromatic rings. The Morgan fingerprint density at radius 3 is 2.94 bits per heavy atom. The van der Waals surface area contributed by atoms with E-state index in [0.29, 0.717) is 12.3 Å². The molecule has 1 aromatic heterocycles. The second-order valence-corrected chi connectivity index (χ2v) is 6.03. The van der Waals surface area contributed by atoms with Crippen LogP contribution in [-0.4, -0.2) is 22.7 Å². The number of aryl methyl sites for hydroxylation is 1. The average Bonchev–Trinajstić information content (AvgIpc) is 2.94. The van der Waals surface area contributed by atoms with E-state index >= 15 is 0 Å². The van der Waals surface area contributed by atoms with E-state index in [0.717, 1.165) is 35.0 Å². The van der Waals surface area contributed by atoms with Gasteiger partial charge in [-0.25, -0.2) is 4.98 Å².